The first-order chi connectivity index (χ1) is 10.1. The van der Waals surface area contributed by atoms with Crippen LogP contribution in [0.2, 0.25) is 0 Å². The lowest BCUT2D eigenvalue weighted by molar-refractivity contribution is 0.0670. The molecule has 0 aliphatic rings. The van der Waals surface area contributed by atoms with E-state index in [-0.39, 0.29) is 5.91 Å². The Morgan fingerprint density at radius 3 is 2.67 bits per heavy atom. The van der Waals surface area contributed by atoms with Crippen molar-refractivity contribution in [3.63, 3.8) is 0 Å². The lowest BCUT2D eigenvalue weighted by Gasteiger charge is -2.22. The predicted molar refractivity (Wildman–Crippen MR) is 88.0 cm³/mol. The standard InChI is InChI=1S/C17H28N2O2/c1-5-10-18-16-13-14(4)8-9-15(16)17(20)19(6-2)11-12-21-7-3/h8-9,13,18H,5-7,10-12H2,1-4H3. The summed E-state index contributed by atoms with van der Waals surface area (Å²) >= 11 is 0. The van der Waals surface area contributed by atoms with E-state index in [9.17, 15) is 4.79 Å². The number of aryl methyl sites for hydroxylation is 1. The van der Waals surface area contributed by atoms with Gasteiger partial charge in [-0.05, 0) is 44.9 Å². The van der Waals surface area contributed by atoms with Crippen LogP contribution in [0.4, 0.5) is 5.69 Å². The number of anilines is 1. The monoisotopic (exact) mass is 292 g/mol. The number of likely N-dealkylation sites (N-methyl/N-ethyl adjacent to an activating group) is 1. The number of carbonyl (C=O) groups is 1. The van der Waals surface area contributed by atoms with Crippen LogP contribution in [0.3, 0.4) is 0 Å². The Morgan fingerprint density at radius 2 is 2.05 bits per heavy atom. The zero-order valence-electron chi connectivity index (χ0n) is 13.7. The van der Waals surface area contributed by atoms with Gasteiger partial charge in [0.2, 0.25) is 0 Å². The molecule has 0 saturated heterocycles. The van der Waals surface area contributed by atoms with Gasteiger partial charge in [-0.25, -0.2) is 0 Å². The first-order valence-electron chi connectivity index (χ1n) is 7.85. The van der Waals surface area contributed by atoms with Crippen LogP contribution in [0.1, 0.15) is 43.1 Å². The first-order valence-corrected chi connectivity index (χ1v) is 7.85. The molecule has 0 unspecified atom stereocenters. The minimum absolute atomic E-state index is 0.0656. The highest BCUT2D eigenvalue weighted by Gasteiger charge is 2.17. The van der Waals surface area contributed by atoms with E-state index in [0.717, 1.165) is 29.8 Å². The minimum Gasteiger partial charge on any atom is -0.384 e. The Labute approximate surface area is 128 Å². The molecule has 4 heteroatoms. The fourth-order valence-corrected chi connectivity index (χ4v) is 2.14. The molecule has 118 valence electrons. The third-order valence-electron chi connectivity index (χ3n) is 3.35. The molecule has 0 aliphatic carbocycles. The molecular formula is C17H28N2O2. The van der Waals surface area contributed by atoms with Crippen LogP contribution < -0.4 is 5.32 Å². The van der Waals surface area contributed by atoms with Crippen molar-refractivity contribution in [2.75, 3.05) is 38.2 Å². The average molecular weight is 292 g/mol. The molecular weight excluding hydrogens is 264 g/mol. The van der Waals surface area contributed by atoms with E-state index in [1.807, 2.05) is 43.9 Å². The van der Waals surface area contributed by atoms with Gasteiger partial charge < -0.3 is 15.0 Å². The number of benzene rings is 1. The van der Waals surface area contributed by atoms with Crippen molar-refractivity contribution in [2.45, 2.75) is 34.1 Å². The Balaban J connectivity index is 2.87. The van der Waals surface area contributed by atoms with E-state index in [1.54, 1.807) is 0 Å². The van der Waals surface area contributed by atoms with E-state index >= 15 is 0 Å². The quantitative estimate of drug-likeness (QED) is 0.710. The van der Waals surface area contributed by atoms with Crippen molar-refractivity contribution in [3.05, 3.63) is 29.3 Å². The molecule has 1 aromatic rings. The van der Waals surface area contributed by atoms with Crippen molar-refractivity contribution >= 4 is 11.6 Å². The SMILES string of the molecule is CCCNc1cc(C)ccc1C(=O)N(CC)CCOCC. The molecule has 0 aromatic heterocycles. The molecule has 0 radical (unpaired) electrons. The van der Waals surface area contributed by atoms with E-state index in [1.165, 1.54) is 0 Å². The minimum atomic E-state index is 0.0656. The van der Waals surface area contributed by atoms with Crippen LogP contribution >= 0.6 is 0 Å². The second-order valence-corrected chi connectivity index (χ2v) is 5.06. The Hall–Kier alpha value is -1.55. The molecule has 21 heavy (non-hydrogen) atoms. The maximum atomic E-state index is 12.7. The largest absolute Gasteiger partial charge is 0.384 e. The smallest absolute Gasteiger partial charge is 0.256 e. The number of hydrogen-bond acceptors (Lipinski definition) is 3. The molecule has 0 atom stereocenters. The highest BCUT2D eigenvalue weighted by atomic mass is 16.5. The molecule has 0 bridgehead atoms. The van der Waals surface area contributed by atoms with Gasteiger partial charge in [-0.1, -0.05) is 13.0 Å². The molecule has 1 N–H and O–H groups in total. The summed E-state index contributed by atoms with van der Waals surface area (Å²) in [6.07, 6.45) is 1.03. The summed E-state index contributed by atoms with van der Waals surface area (Å²) in [6.45, 7) is 11.6. The highest BCUT2D eigenvalue weighted by molar-refractivity contribution is 5.99. The fraction of sp³-hybridized carbons (Fsp3) is 0.588. The average Bonchev–Trinajstić information content (AvgIpc) is 2.49. The van der Waals surface area contributed by atoms with Crippen LogP contribution in [-0.4, -0.2) is 43.7 Å². The third kappa shape index (κ3) is 5.38. The summed E-state index contributed by atoms with van der Waals surface area (Å²) in [4.78, 5) is 14.5. The van der Waals surface area contributed by atoms with Gasteiger partial charge in [0.15, 0.2) is 0 Å². The number of hydrogen-bond donors (Lipinski definition) is 1. The van der Waals surface area contributed by atoms with Crippen molar-refractivity contribution in [3.8, 4) is 0 Å². The molecule has 0 spiro atoms. The van der Waals surface area contributed by atoms with Crippen molar-refractivity contribution in [1.82, 2.24) is 4.90 Å². The molecule has 0 saturated carbocycles. The first kappa shape index (κ1) is 17.5. The highest BCUT2D eigenvalue weighted by Crippen LogP contribution is 2.19. The van der Waals surface area contributed by atoms with E-state index < -0.39 is 0 Å². The number of carbonyl (C=O) groups excluding carboxylic acids is 1. The summed E-state index contributed by atoms with van der Waals surface area (Å²) in [5, 5.41) is 3.35. The van der Waals surface area contributed by atoms with Crippen molar-refractivity contribution in [2.24, 2.45) is 0 Å². The van der Waals surface area contributed by atoms with Gasteiger partial charge in [-0.15, -0.1) is 0 Å². The van der Waals surface area contributed by atoms with Crippen LogP contribution in [0.15, 0.2) is 18.2 Å². The van der Waals surface area contributed by atoms with Gasteiger partial charge >= 0.3 is 0 Å². The lowest BCUT2D eigenvalue weighted by atomic mass is 10.1. The number of nitrogens with zero attached hydrogens (tertiary/aromatic N) is 1. The Morgan fingerprint density at radius 1 is 1.29 bits per heavy atom. The summed E-state index contributed by atoms with van der Waals surface area (Å²) in [5.74, 6) is 0.0656. The number of rotatable bonds is 9. The molecule has 1 amide bonds. The Bertz CT molecular complexity index is 446. The third-order valence-corrected chi connectivity index (χ3v) is 3.35. The predicted octanol–water partition coefficient (Wildman–Crippen LogP) is 3.32. The van der Waals surface area contributed by atoms with Crippen molar-refractivity contribution in [1.29, 1.82) is 0 Å². The molecule has 0 aliphatic heterocycles. The maximum Gasteiger partial charge on any atom is 0.256 e. The molecule has 0 heterocycles. The normalized spacial score (nSPS) is 10.5. The molecule has 1 aromatic carbocycles. The second-order valence-electron chi connectivity index (χ2n) is 5.06. The van der Waals surface area contributed by atoms with Gasteiger partial charge in [0.1, 0.15) is 0 Å². The number of amides is 1. The zero-order chi connectivity index (χ0) is 15.7. The maximum absolute atomic E-state index is 12.7. The second kappa shape index (κ2) is 9.40. The van der Waals surface area contributed by atoms with Crippen molar-refractivity contribution < 1.29 is 9.53 Å². The van der Waals surface area contributed by atoms with Gasteiger partial charge in [0, 0.05) is 31.9 Å². The molecule has 1 rings (SSSR count). The topological polar surface area (TPSA) is 41.6 Å². The van der Waals surface area contributed by atoms with Gasteiger partial charge in [-0.3, -0.25) is 4.79 Å². The Kier molecular flexibility index (Phi) is 7.83. The van der Waals surface area contributed by atoms with Crippen LogP contribution in [-0.2, 0) is 4.74 Å². The van der Waals surface area contributed by atoms with Gasteiger partial charge in [-0.2, -0.15) is 0 Å². The summed E-state index contributed by atoms with van der Waals surface area (Å²) in [5.41, 5.74) is 2.83. The zero-order valence-corrected chi connectivity index (χ0v) is 13.7. The van der Waals surface area contributed by atoms with E-state index in [4.69, 9.17) is 4.74 Å². The fourth-order valence-electron chi connectivity index (χ4n) is 2.14. The summed E-state index contributed by atoms with van der Waals surface area (Å²) < 4.78 is 5.36. The summed E-state index contributed by atoms with van der Waals surface area (Å²) in [7, 11) is 0. The van der Waals surface area contributed by atoms with Gasteiger partial charge in [0.25, 0.3) is 5.91 Å². The number of ether oxygens (including phenoxy) is 1. The summed E-state index contributed by atoms with van der Waals surface area (Å²) in [6, 6.07) is 5.94. The molecule has 0 fully saturated rings. The van der Waals surface area contributed by atoms with E-state index in [0.29, 0.717) is 26.3 Å². The van der Waals surface area contributed by atoms with Gasteiger partial charge in [0.05, 0.1) is 12.2 Å². The van der Waals surface area contributed by atoms with Crippen LogP contribution in [0, 0.1) is 6.92 Å². The molecule has 4 nitrogen and oxygen atoms in total. The van der Waals surface area contributed by atoms with Crippen LogP contribution in [0.25, 0.3) is 0 Å². The van der Waals surface area contributed by atoms with Crippen LogP contribution in [0.5, 0.6) is 0 Å². The van der Waals surface area contributed by atoms with E-state index in [2.05, 4.69) is 12.2 Å². The lowest BCUT2D eigenvalue weighted by Crippen LogP contribution is -2.34. The number of nitrogens with one attached hydrogen (secondary N) is 1.